The molecule has 0 spiro atoms. The van der Waals surface area contributed by atoms with Gasteiger partial charge in [-0.05, 0) is 43.4 Å². The zero-order valence-corrected chi connectivity index (χ0v) is 19.2. The van der Waals surface area contributed by atoms with E-state index >= 15 is 0 Å². The average molecular weight is 493 g/mol. The molecule has 1 aliphatic heterocycles. The highest BCUT2D eigenvalue weighted by atomic mass is 19.4. The summed E-state index contributed by atoms with van der Waals surface area (Å²) in [6.45, 7) is 0.172. The minimum atomic E-state index is -4.45. The van der Waals surface area contributed by atoms with Crippen molar-refractivity contribution in [1.82, 2.24) is 19.5 Å². The van der Waals surface area contributed by atoms with Crippen LogP contribution in [0.1, 0.15) is 35.2 Å². The Morgan fingerprint density at radius 3 is 2.58 bits per heavy atom. The molecule has 4 heterocycles. The standard InChI is InChI=1S/C27H23F3N4O2/c28-27(29,30)19-10-12-23(31-15-19)36-16-22-18-9-11-20(14-18)34(22)26(35)24-21-8-4-5-13-33(21)32-25(24)17-6-2-1-3-7-17/h1-8,10,12-13,15,18,20,22H,9,11,14,16H2/t18-,20+,22+/m0/s1. The van der Waals surface area contributed by atoms with E-state index < -0.39 is 11.7 Å². The molecule has 6 rings (SSSR count). The number of ether oxygens (including phenoxy) is 1. The number of pyridine rings is 2. The summed E-state index contributed by atoms with van der Waals surface area (Å²) >= 11 is 0. The lowest BCUT2D eigenvalue weighted by Crippen LogP contribution is -2.48. The molecule has 0 unspecified atom stereocenters. The van der Waals surface area contributed by atoms with E-state index in [1.807, 2.05) is 59.6 Å². The Kier molecular flexibility index (Phi) is 5.43. The number of piperidine rings is 1. The van der Waals surface area contributed by atoms with Crippen LogP contribution in [-0.2, 0) is 6.18 Å². The van der Waals surface area contributed by atoms with Crippen molar-refractivity contribution in [3.63, 3.8) is 0 Å². The van der Waals surface area contributed by atoms with Crippen molar-refractivity contribution in [1.29, 1.82) is 0 Å². The van der Waals surface area contributed by atoms with Gasteiger partial charge in [0.1, 0.15) is 12.3 Å². The maximum absolute atomic E-state index is 14.2. The second-order valence-electron chi connectivity index (χ2n) is 9.32. The van der Waals surface area contributed by atoms with Gasteiger partial charge in [-0.1, -0.05) is 36.4 Å². The van der Waals surface area contributed by atoms with Gasteiger partial charge in [-0.3, -0.25) is 4.79 Å². The highest BCUT2D eigenvalue weighted by Gasteiger charge is 2.49. The van der Waals surface area contributed by atoms with E-state index in [0.29, 0.717) is 11.3 Å². The van der Waals surface area contributed by atoms with Crippen LogP contribution in [0.2, 0.25) is 0 Å². The van der Waals surface area contributed by atoms with Gasteiger partial charge in [0, 0.05) is 30.1 Å². The molecule has 1 amide bonds. The Balaban J connectivity index is 1.31. The number of hydrogen-bond donors (Lipinski definition) is 0. The summed E-state index contributed by atoms with van der Waals surface area (Å²) in [5.41, 5.74) is 1.93. The summed E-state index contributed by atoms with van der Waals surface area (Å²) in [6, 6.07) is 17.3. The number of amides is 1. The van der Waals surface area contributed by atoms with Gasteiger partial charge < -0.3 is 9.64 Å². The quantitative estimate of drug-likeness (QED) is 0.370. The van der Waals surface area contributed by atoms with Gasteiger partial charge in [-0.25, -0.2) is 9.50 Å². The summed E-state index contributed by atoms with van der Waals surface area (Å²) in [5.74, 6) is 0.283. The summed E-state index contributed by atoms with van der Waals surface area (Å²) < 4.78 is 46.1. The number of carbonyl (C=O) groups is 1. The Morgan fingerprint density at radius 1 is 1.03 bits per heavy atom. The third-order valence-corrected chi connectivity index (χ3v) is 7.24. The Labute approximate surface area is 205 Å². The van der Waals surface area contributed by atoms with Gasteiger partial charge in [0.25, 0.3) is 5.91 Å². The van der Waals surface area contributed by atoms with Crippen LogP contribution in [0.15, 0.2) is 73.1 Å². The average Bonchev–Trinajstić information content (AvgIpc) is 3.60. The molecule has 6 nitrogen and oxygen atoms in total. The maximum atomic E-state index is 14.2. The second kappa shape index (κ2) is 8.65. The number of likely N-dealkylation sites (tertiary alicyclic amines) is 1. The first kappa shape index (κ1) is 22.6. The summed E-state index contributed by atoms with van der Waals surface area (Å²) in [6.07, 6.45) is 0.939. The van der Waals surface area contributed by atoms with Crippen molar-refractivity contribution in [2.45, 2.75) is 37.5 Å². The van der Waals surface area contributed by atoms with E-state index in [4.69, 9.17) is 9.84 Å². The minimum Gasteiger partial charge on any atom is -0.475 e. The molecule has 36 heavy (non-hydrogen) atoms. The molecule has 2 fully saturated rings. The number of aromatic nitrogens is 3. The summed E-state index contributed by atoms with van der Waals surface area (Å²) in [5, 5.41) is 4.72. The molecule has 1 saturated carbocycles. The molecule has 2 aliphatic rings. The lowest BCUT2D eigenvalue weighted by atomic mass is 9.97. The molecule has 0 N–H and O–H groups in total. The molecule has 3 atom stereocenters. The van der Waals surface area contributed by atoms with Crippen LogP contribution >= 0.6 is 0 Å². The predicted molar refractivity (Wildman–Crippen MR) is 126 cm³/mol. The van der Waals surface area contributed by atoms with E-state index in [9.17, 15) is 18.0 Å². The van der Waals surface area contributed by atoms with E-state index in [1.54, 1.807) is 4.52 Å². The van der Waals surface area contributed by atoms with Crippen molar-refractivity contribution in [2.24, 2.45) is 5.92 Å². The monoisotopic (exact) mass is 492 g/mol. The van der Waals surface area contributed by atoms with Crippen molar-refractivity contribution in [3.8, 4) is 17.1 Å². The van der Waals surface area contributed by atoms with E-state index in [-0.39, 0.29) is 36.4 Å². The summed E-state index contributed by atoms with van der Waals surface area (Å²) in [7, 11) is 0. The topological polar surface area (TPSA) is 59.7 Å². The van der Waals surface area contributed by atoms with Crippen molar-refractivity contribution in [3.05, 3.63) is 84.2 Å². The lowest BCUT2D eigenvalue weighted by molar-refractivity contribution is -0.137. The zero-order valence-electron chi connectivity index (χ0n) is 19.2. The fraction of sp³-hybridized carbons (Fsp3) is 0.296. The third-order valence-electron chi connectivity index (χ3n) is 7.24. The molecule has 1 aromatic carbocycles. The molecule has 9 heteroatoms. The number of halogens is 3. The zero-order chi connectivity index (χ0) is 24.9. The molecule has 184 valence electrons. The fourth-order valence-corrected chi connectivity index (χ4v) is 5.57. The number of nitrogens with zero attached hydrogens (tertiary/aromatic N) is 4. The predicted octanol–water partition coefficient (Wildman–Crippen LogP) is 5.49. The largest absolute Gasteiger partial charge is 0.475 e. The number of rotatable bonds is 5. The third kappa shape index (κ3) is 3.88. The van der Waals surface area contributed by atoms with Crippen LogP contribution in [0, 0.1) is 5.92 Å². The molecule has 3 aromatic heterocycles. The minimum absolute atomic E-state index is 0.0963. The molecular formula is C27H23F3N4O2. The van der Waals surface area contributed by atoms with Gasteiger partial charge in [-0.15, -0.1) is 0 Å². The normalized spacial score (nSPS) is 21.3. The first-order chi connectivity index (χ1) is 17.4. The number of hydrogen-bond acceptors (Lipinski definition) is 4. The molecule has 4 aromatic rings. The van der Waals surface area contributed by atoms with Crippen molar-refractivity contribution in [2.75, 3.05) is 6.61 Å². The molecule has 1 saturated heterocycles. The molecular weight excluding hydrogens is 469 g/mol. The molecule has 2 bridgehead atoms. The van der Waals surface area contributed by atoms with Gasteiger partial charge in [0.2, 0.25) is 5.88 Å². The highest BCUT2D eigenvalue weighted by Crippen LogP contribution is 2.44. The first-order valence-electron chi connectivity index (χ1n) is 11.9. The van der Waals surface area contributed by atoms with Crippen LogP contribution in [0.25, 0.3) is 16.8 Å². The fourth-order valence-electron chi connectivity index (χ4n) is 5.57. The molecule has 1 aliphatic carbocycles. The Bertz CT molecular complexity index is 1400. The Hall–Kier alpha value is -3.88. The lowest BCUT2D eigenvalue weighted by Gasteiger charge is -2.35. The maximum Gasteiger partial charge on any atom is 0.417 e. The number of fused-ring (bicyclic) bond motifs is 3. The van der Waals surface area contributed by atoms with E-state index in [0.717, 1.165) is 42.6 Å². The van der Waals surface area contributed by atoms with Gasteiger partial charge in [0.05, 0.1) is 22.7 Å². The van der Waals surface area contributed by atoms with Gasteiger partial charge >= 0.3 is 6.18 Å². The van der Waals surface area contributed by atoms with Crippen molar-refractivity contribution < 1.29 is 22.7 Å². The van der Waals surface area contributed by atoms with Gasteiger partial charge in [0.15, 0.2) is 0 Å². The van der Waals surface area contributed by atoms with Crippen LogP contribution in [-0.4, -0.2) is 44.1 Å². The van der Waals surface area contributed by atoms with Gasteiger partial charge in [-0.2, -0.15) is 18.3 Å². The van der Waals surface area contributed by atoms with E-state index in [1.165, 1.54) is 6.07 Å². The van der Waals surface area contributed by atoms with Crippen molar-refractivity contribution >= 4 is 11.4 Å². The molecule has 0 radical (unpaired) electrons. The highest BCUT2D eigenvalue weighted by molar-refractivity contribution is 6.06. The van der Waals surface area contributed by atoms with Crippen LogP contribution in [0.3, 0.4) is 0 Å². The smallest absolute Gasteiger partial charge is 0.417 e. The van der Waals surface area contributed by atoms with Crippen LogP contribution < -0.4 is 4.74 Å². The number of carbonyl (C=O) groups excluding carboxylic acids is 1. The van der Waals surface area contributed by atoms with Crippen LogP contribution in [0.4, 0.5) is 13.2 Å². The Morgan fingerprint density at radius 2 is 1.83 bits per heavy atom. The summed E-state index contributed by atoms with van der Waals surface area (Å²) in [4.78, 5) is 19.9. The second-order valence-corrected chi connectivity index (χ2v) is 9.32. The first-order valence-corrected chi connectivity index (χ1v) is 11.9. The SMILES string of the molecule is O=C(c1c(-c2ccccc2)nn2ccccc12)N1[C@@H]2CC[C@@H](C2)[C@H]1COc1ccc(C(F)(F)F)cn1. The van der Waals surface area contributed by atoms with E-state index in [2.05, 4.69) is 4.98 Å². The van der Waals surface area contributed by atoms with Crippen LogP contribution in [0.5, 0.6) is 5.88 Å². The number of alkyl halides is 3. The number of benzene rings is 1.